The molecule has 110 valence electrons. The number of aliphatic carboxylic acids is 2. The number of amides is 1. The first-order valence-electron chi connectivity index (χ1n) is 5.95. The molecule has 1 atom stereocenters. The van der Waals surface area contributed by atoms with Crippen LogP contribution in [0, 0.1) is 6.92 Å². The molecule has 3 N–H and O–H groups in total. The van der Waals surface area contributed by atoms with E-state index in [2.05, 4.69) is 10.5 Å². The first-order valence-corrected chi connectivity index (χ1v) is 5.95. The first-order chi connectivity index (χ1) is 9.23. The van der Waals surface area contributed by atoms with E-state index in [9.17, 15) is 14.4 Å². The lowest BCUT2D eigenvalue weighted by atomic mass is 10.0. The Bertz CT molecular complexity index is 534. The standard InChI is InChI=1S/C12H16N2O6/c1-5(2)10-9(6(3)14-20-10)11(17)13-7(12(18)19)4-8(15)16/h5,7H,4H2,1-3H3,(H,13,17)(H,15,16)(H,18,19). The van der Waals surface area contributed by atoms with Crippen molar-refractivity contribution in [1.29, 1.82) is 0 Å². The van der Waals surface area contributed by atoms with Crippen molar-refractivity contribution in [1.82, 2.24) is 10.5 Å². The maximum Gasteiger partial charge on any atom is 0.326 e. The molecule has 0 spiro atoms. The van der Waals surface area contributed by atoms with Gasteiger partial charge in [0.25, 0.3) is 5.91 Å². The highest BCUT2D eigenvalue weighted by Gasteiger charge is 2.28. The number of aryl methyl sites for hydroxylation is 1. The Morgan fingerprint density at radius 3 is 2.35 bits per heavy atom. The molecule has 8 heteroatoms. The second kappa shape index (κ2) is 6.18. The number of carboxylic acid groups (broad SMARTS) is 2. The molecule has 0 saturated carbocycles. The van der Waals surface area contributed by atoms with Crippen molar-refractivity contribution in [2.75, 3.05) is 0 Å². The molecule has 1 aromatic heterocycles. The van der Waals surface area contributed by atoms with E-state index in [0.717, 1.165) is 0 Å². The average Bonchev–Trinajstić information content (AvgIpc) is 2.69. The van der Waals surface area contributed by atoms with Gasteiger partial charge in [-0.3, -0.25) is 9.59 Å². The number of carboxylic acids is 2. The molecule has 8 nitrogen and oxygen atoms in total. The molecule has 1 unspecified atom stereocenters. The predicted octanol–water partition coefficient (Wildman–Crippen LogP) is 0.764. The van der Waals surface area contributed by atoms with Crippen LogP contribution in [0.3, 0.4) is 0 Å². The number of hydrogen-bond acceptors (Lipinski definition) is 5. The van der Waals surface area contributed by atoms with Gasteiger partial charge < -0.3 is 20.1 Å². The van der Waals surface area contributed by atoms with Crippen LogP contribution in [0.4, 0.5) is 0 Å². The van der Waals surface area contributed by atoms with Crippen molar-refractivity contribution < 1.29 is 29.1 Å². The van der Waals surface area contributed by atoms with Crippen molar-refractivity contribution >= 4 is 17.8 Å². The quantitative estimate of drug-likeness (QED) is 0.703. The fourth-order valence-corrected chi connectivity index (χ4v) is 1.66. The third-order valence-corrected chi connectivity index (χ3v) is 2.62. The Kier molecular flexibility index (Phi) is 4.84. The monoisotopic (exact) mass is 284 g/mol. The summed E-state index contributed by atoms with van der Waals surface area (Å²) in [6.45, 7) is 5.14. The van der Waals surface area contributed by atoms with E-state index >= 15 is 0 Å². The summed E-state index contributed by atoms with van der Waals surface area (Å²) in [7, 11) is 0. The lowest BCUT2D eigenvalue weighted by Gasteiger charge is -2.12. The number of rotatable bonds is 6. The molecular formula is C12H16N2O6. The van der Waals surface area contributed by atoms with Gasteiger partial charge in [-0.1, -0.05) is 19.0 Å². The van der Waals surface area contributed by atoms with E-state index in [0.29, 0.717) is 11.5 Å². The van der Waals surface area contributed by atoms with Crippen LogP contribution >= 0.6 is 0 Å². The van der Waals surface area contributed by atoms with Crippen LogP contribution in [0.1, 0.15) is 48.0 Å². The maximum atomic E-state index is 12.1. The molecule has 0 aliphatic heterocycles. The van der Waals surface area contributed by atoms with Crippen LogP contribution in [0.25, 0.3) is 0 Å². The Morgan fingerprint density at radius 2 is 1.90 bits per heavy atom. The SMILES string of the molecule is Cc1noc(C(C)C)c1C(=O)NC(CC(=O)O)C(=O)O. The number of nitrogens with zero attached hydrogens (tertiary/aromatic N) is 1. The summed E-state index contributed by atoms with van der Waals surface area (Å²) in [5, 5.41) is 23.4. The third kappa shape index (κ3) is 3.56. The van der Waals surface area contributed by atoms with E-state index in [1.54, 1.807) is 20.8 Å². The summed E-state index contributed by atoms with van der Waals surface area (Å²) in [5.74, 6) is -3.22. The molecule has 1 heterocycles. The van der Waals surface area contributed by atoms with Crippen LogP contribution in [0.15, 0.2) is 4.52 Å². The summed E-state index contributed by atoms with van der Waals surface area (Å²) in [5.41, 5.74) is 0.474. The fraction of sp³-hybridized carbons (Fsp3) is 0.500. The minimum absolute atomic E-state index is 0.111. The molecule has 0 aliphatic rings. The van der Waals surface area contributed by atoms with Gasteiger partial charge in [0, 0.05) is 5.92 Å². The molecule has 0 aliphatic carbocycles. The van der Waals surface area contributed by atoms with Gasteiger partial charge >= 0.3 is 11.9 Å². The third-order valence-electron chi connectivity index (χ3n) is 2.62. The minimum atomic E-state index is -1.51. The summed E-state index contributed by atoms with van der Waals surface area (Å²) >= 11 is 0. The second-order valence-corrected chi connectivity index (χ2v) is 4.62. The van der Waals surface area contributed by atoms with Crippen LogP contribution in [0.2, 0.25) is 0 Å². The zero-order valence-corrected chi connectivity index (χ0v) is 11.3. The summed E-state index contributed by atoms with van der Waals surface area (Å²) in [6, 6.07) is -1.51. The lowest BCUT2D eigenvalue weighted by Crippen LogP contribution is -2.42. The molecule has 1 aromatic rings. The van der Waals surface area contributed by atoms with Crippen molar-refractivity contribution in [2.24, 2.45) is 0 Å². The Morgan fingerprint density at radius 1 is 1.30 bits per heavy atom. The van der Waals surface area contributed by atoms with E-state index in [1.165, 1.54) is 0 Å². The fourth-order valence-electron chi connectivity index (χ4n) is 1.66. The van der Waals surface area contributed by atoms with Gasteiger partial charge in [-0.2, -0.15) is 0 Å². The molecule has 0 radical (unpaired) electrons. The number of hydrogen-bond donors (Lipinski definition) is 3. The summed E-state index contributed by atoms with van der Waals surface area (Å²) in [6.07, 6.45) is -0.706. The number of nitrogens with one attached hydrogen (secondary N) is 1. The minimum Gasteiger partial charge on any atom is -0.481 e. The Balaban J connectivity index is 2.97. The van der Waals surface area contributed by atoms with E-state index in [1.807, 2.05) is 0 Å². The van der Waals surface area contributed by atoms with Gasteiger partial charge in [0.2, 0.25) is 0 Å². The molecule has 1 amide bonds. The molecule has 0 aromatic carbocycles. The van der Waals surface area contributed by atoms with Gasteiger partial charge in [-0.15, -0.1) is 0 Å². The van der Waals surface area contributed by atoms with Crippen molar-refractivity contribution in [2.45, 2.75) is 39.2 Å². The molecule has 20 heavy (non-hydrogen) atoms. The number of carbonyl (C=O) groups excluding carboxylic acids is 1. The van der Waals surface area contributed by atoms with E-state index in [-0.39, 0.29) is 11.5 Å². The van der Waals surface area contributed by atoms with Gasteiger partial charge in [-0.25, -0.2) is 4.79 Å². The topological polar surface area (TPSA) is 130 Å². The van der Waals surface area contributed by atoms with E-state index in [4.69, 9.17) is 14.7 Å². The largest absolute Gasteiger partial charge is 0.481 e. The van der Waals surface area contributed by atoms with Crippen LogP contribution in [0.5, 0.6) is 0 Å². The van der Waals surface area contributed by atoms with Gasteiger partial charge in [0.1, 0.15) is 11.6 Å². The van der Waals surface area contributed by atoms with Crippen LogP contribution in [-0.4, -0.2) is 39.3 Å². The number of carbonyl (C=O) groups is 3. The maximum absolute atomic E-state index is 12.1. The molecule has 0 bridgehead atoms. The van der Waals surface area contributed by atoms with Crippen molar-refractivity contribution in [3.05, 3.63) is 17.0 Å². The molecule has 0 saturated heterocycles. The van der Waals surface area contributed by atoms with Gasteiger partial charge in [0.15, 0.2) is 5.76 Å². The highest BCUT2D eigenvalue weighted by atomic mass is 16.5. The highest BCUT2D eigenvalue weighted by Crippen LogP contribution is 2.22. The molecule has 0 fully saturated rings. The van der Waals surface area contributed by atoms with E-state index < -0.39 is 30.3 Å². The second-order valence-electron chi connectivity index (χ2n) is 4.62. The average molecular weight is 284 g/mol. The molecular weight excluding hydrogens is 268 g/mol. The lowest BCUT2D eigenvalue weighted by molar-refractivity contribution is -0.145. The zero-order valence-electron chi connectivity index (χ0n) is 11.3. The van der Waals surface area contributed by atoms with Crippen molar-refractivity contribution in [3.8, 4) is 0 Å². The Labute approximate surface area is 114 Å². The smallest absolute Gasteiger partial charge is 0.326 e. The summed E-state index contributed by atoms with van der Waals surface area (Å²) < 4.78 is 5.03. The number of aromatic nitrogens is 1. The zero-order chi connectivity index (χ0) is 15.4. The van der Waals surface area contributed by atoms with Crippen LogP contribution < -0.4 is 5.32 Å². The van der Waals surface area contributed by atoms with Crippen LogP contribution in [-0.2, 0) is 9.59 Å². The van der Waals surface area contributed by atoms with Gasteiger partial charge in [-0.05, 0) is 6.92 Å². The van der Waals surface area contributed by atoms with Crippen molar-refractivity contribution in [3.63, 3.8) is 0 Å². The highest BCUT2D eigenvalue weighted by molar-refractivity contribution is 5.99. The van der Waals surface area contributed by atoms with Gasteiger partial charge in [0.05, 0.1) is 12.1 Å². The predicted molar refractivity (Wildman–Crippen MR) is 66.5 cm³/mol. The normalized spacial score (nSPS) is 12.2. The summed E-state index contributed by atoms with van der Waals surface area (Å²) in [4.78, 5) is 33.6. The first kappa shape index (κ1) is 15.7. The Hall–Kier alpha value is -2.38. The molecule has 1 rings (SSSR count).